The molecule has 1 heterocycles. The number of hydrogen-bond donors (Lipinski definition) is 3. The average Bonchev–Trinajstić information content (AvgIpc) is 3.35. The molecule has 6 unspecified atom stereocenters. The second kappa shape index (κ2) is 47.4. The number of allylic oxidation sites excluding steroid dienone is 10. The van der Waals surface area contributed by atoms with Crippen molar-refractivity contribution in [1.29, 1.82) is 0 Å². The molecule has 3 N–H and O–H groups in total. The second-order valence-corrected chi connectivity index (χ2v) is 19.2. The van der Waals surface area contributed by atoms with E-state index in [4.69, 9.17) is 23.7 Å². The number of carbonyl (C=O) groups excluding carboxylic acids is 3. The van der Waals surface area contributed by atoms with Gasteiger partial charge in [-0.25, -0.2) is 4.79 Å². The van der Waals surface area contributed by atoms with Crippen LogP contribution >= 0.6 is 0 Å². The van der Waals surface area contributed by atoms with Crippen molar-refractivity contribution in [3.63, 3.8) is 0 Å². The first-order valence-corrected chi connectivity index (χ1v) is 28.3. The largest absolute Gasteiger partial charge is 0.479 e. The van der Waals surface area contributed by atoms with E-state index in [0.29, 0.717) is 19.3 Å². The van der Waals surface area contributed by atoms with Gasteiger partial charge >= 0.3 is 23.9 Å². The van der Waals surface area contributed by atoms with Crippen LogP contribution in [0.4, 0.5) is 0 Å². The second-order valence-electron chi connectivity index (χ2n) is 19.2. The van der Waals surface area contributed by atoms with Crippen LogP contribution in [0.3, 0.4) is 0 Å². The van der Waals surface area contributed by atoms with E-state index in [1.54, 1.807) is 0 Å². The molecular formula is C59H100O12. The molecule has 0 spiro atoms. The molecular weight excluding hydrogens is 901 g/mol. The fraction of sp³-hybridized carbons (Fsp3) is 0.763. The van der Waals surface area contributed by atoms with Gasteiger partial charge in [0, 0.05) is 19.3 Å². The topological polar surface area (TPSA) is 175 Å². The van der Waals surface area contributed by atoms with Gasteiger partial charge in [-0.2, -0.15) is 0 Å². The number of unbranched alkanes of at least 4 members (excludes halogenated alkanes) is 23. The lowest BCUT2D eigenvalue weighted by atomic mass is 9.98. The SMILES string of the molecule is CCC/C=C\C/C=C\CCCCCCCC(=O)OCC(COC1OC(C(=O)O)C(O)C(O)C1OC(=O)CCCCCCCCC/C=C\C/C=C\CCCCC)OC(=O)CCCCCCC/C=C\CCCC. The van der Waals surface area contributed by atoms with Crippen LogP contribution in [0.25, 0.3) is 0 Å². The number of aliphatic carboxylic acids is 1. The maximum absolute atomic E-state index is 13.1. The molecule has 0 aliphatic carbocycles. The first-order chi connectivity index (χ1) is 34.6. The zero-order valence-corrected chi connectivity index (χ0v) is 44.7. The standard InChI is InChI=1S/C59H100O12/c1-4-7-10-13-16-19-22-24-25-26-27-29-32-35-38-41-44-47-53(62)70-57-55(64)54(63)56(58(65)66)71-59(57)68-49-50(69-52(61)46-43-40-37-34-30-21-18-15-12-9-6-3)48-67-51(60)45-42-39-36-33-31-28-23-20-17-14-11-8-5-2/h11,14-16,18-20,23-25,50,54-57,59,63-64H,4-10,12-13,17,21-22,26-49H2,1-3H3,(H,65,66)/b14-11-,18-15-,19-16-,23-20-,25-24-. The van der Waals surface area contributed by atoms with Crippen LogP contribution in [-0.2, 0) is 42.9 Å². The van der Waals surface area contributed by atoms with Crippen LogP contribution in [0, 0.1) is 0 Å². The van der Waals surface area contributed by atoms with Gasteiger partial charge in [-0.15, -0.1) is 0 Å². The zero-order valence-electron chi connectivity index (χ0n) is 44.7. The lowest BCUT2D eigenvalue weighted by molar-refractivity contribution is -0.301. The predicted octanol–water partition coefficient (Wildman–Crippen LogP) is 14.0. The minimum Gasteiger partial charge on any atom is -0.479 e. The van der Waals surface area contributed by atoms with Crippen LogP contribution in [0.1, 0.15) is 239 Å². The molecule has 0 bridgehead atoms. The van der Waals surface area contributed by atoms with Crippen molar-refractivity contribution < 1.29 is 58.2 Å². The highest BCUT2D eigenvalue weighted by atomic mass is 16.7. The van der Waals surface area contributed by atoms with Gasteiger partial charge in [0.1, 0.15) is 18.8 Å². The van der Waals surface area contributed by atoms with Gasteiger partial charge in [0.25, 0.3) is 0 Å². The molecule has 6 atom stereocenters. The van der Waals surface area contributed by atoms with Crippen molar-refractivity contribution in [2.24, 2.45) is 0 Å². The maximum Gasteiger partial charge on any atom is 0.335 e. The Kier molecular flexibility index (Phi) is 43.7. The van der Waals surface area contributed by atoms with E-state index in [9.17, 15) is 34.5 Å². The number of carbonyl (C=O) groups is 4. The monoisotopic (exact) mass is 1000 g/mol. The van der Waals surface area contributed by atoms with E-state index in [1.807, 2.05) is 0 Å². The summed E-state index contributed by atoms with van der Waals surface area (Å²) in [7, 11) is 0. The summed E-state index contributed by atoms with van der Waals surface area (Å²) in [6.07, 6.45) is 44.8. The van der Waals surface area contributed by atoms with Gasteiger partial charge in [0.2, 0.25) is 0 Å². The third kappa shape index (κ3) is 37.8. The van der Waals surface area contributed by atoms with Crippen molar-refractivity contribution in [2.75, 3.05) is 13.2 Å². The molecule has 0 amide bonds. The Morgan fingerprint density at radius 2 is 0.887 bits per heavy atom. The summed E-state index contributed by atoms with van der Waals surface area (Å²) < 4.78 is 28.3. The Hall–Kier alpha value is -3.58. The number of carboxylic acid groups (broad SMARTS) is 1. The quantitative estimate of drug-likeness (QED) is 0.0228. The Bertz CT molecular complexity index is 1470. The third-order valence-corrected chi connectivity index (χ3v) is 12.5. The summed E-state index contributed by atoms with van der Waals surface area (Å²) in [6.45, 7) is 5.83. The minimum atomic E-state index is -1.91. The summed E-state index contributed by atoms with van der Waals surface area (Å²) in [4.78, 5) is 50.9. The molecule has 1 aliphatic heterocycles. The first kappa shape index (κ1) is 65.4. The summed E-state index contributed by atoms with van der Waals surface area (Å²) in [5.41, 5.74) is 0. The van der Waals surface area contributed by atoms with E-state index in [1.165, 1.54) is 32.1 Å². The van der Waals surface area contributed by atoms with E-state index in [2.05, 4.69) is 81.5 Å². The molecule has 1 fully saturated rings. The summed E-state index contributed by atoms with van der Waals surface area (Å²) in [6, 6.07) is 0. The Labute approximate surface area is 430 Å². The van der Waals surface area contributed by atoms with Crippen molar-refractivity contribution >= 4 is 23.9 Å². The van der Waals surface area contributed by atoms with E-state index in [0.717, 1.165) is 148 Å². The molecule has 1 rings (SSSR count). The highest BCUT2D eigenvalue weighted by Gasteiger charge is 2.50. The lowest BCUT2D eigenvalue weighted by Gasteiger charge is -2.40. The van der Waals surface area contributed by atoms with E-state index in [-0.39, 0.29) is 25.9 Å². The van der Waals surface area contributed by atoms with Crippen LogP contribution in [-0.4, -0.2) is 89.2 Å². The molecule has 12 heteroatoms. The summed E-state index contributed by atoms with van der Waals surface area (Å²) in [5.74, 6) is -3.16. The van der Waals surface area contributed by atoms with Gasteiger partial charge in [-0.3, -0.25) is 14.4 Å². The van der Waals surface area contributed by atoms with E-state index >= 15 is 0 Å². The van der Waals surface area contributed by atoms with E-state index < -0.39 is 67.3 Å². The number of aliphatic hydroxyl groups is 2. The molecule has 408 valence electrons. The van der Waals surface area contributed by atoms with Crippen molar-refractivity contribution in [3.8, 4) is 0 Å². The third-order valence-electron chi connectivity index (χ3n) is 12.5. The number of carboxylic acids is 1. The van der Waals surface area contributed by atoms with Crippen molar-refractivity contribution in [3.05, 3.63) is 60.8 Å². The molecule has 0 aromatic heterocycles. The number of aliphatic hydroxyl groups excluding tert-OH is 2. The Morgan fingerprint density at radius 1 is 0.465 bits per heavy atom. The fourth-order valence-electron chi connectivity index (χ4n) is 8.12. The fourth-order valence-corrected chi connectivity index (χ4v) is 8.12. The molecule has 71 heavy (non-hydrogen) atoms. The lowest BCUT2D eigenvalue weighted by Crippen LogP contribution is -2.61. The predicted molar refractivity (Wildman–Crippen MR) is 285 cm³/mol. The molecule has 0 saturated carbocycles. The Morgan fingerprint density at radius 3 is 1.38 bits per heavy atom. The maximum atomic E-state index is 13.1. The van der Waals surface area contributed by atoms with Crippen LogP contribution in [0.15, 0.2) is 60.8 Å². The Balaban J connectivity index is 2.70. The van der Waals surface area contributed by atoms with Gasteiger partial charge in [-0.1, -0.05) is 184 Å². The summed E-state index contributed by atoms with van der Waals surface area (Å²) >= 11 is 0. The van der Waals surface area contributed by atoms with Crippen molar-refractivity contribution in [2.45, 2.75) is 276 Å². The normalized spacial score (nSPS) is 18.9. The summed E-state index contributed by atoms with van der Waals surface area (Å²) in [5, 5.41) is 31.4. The molecule has 1 saturated heterocycles. The van der Waals surface area contributed by atoms with Crippen LogP contribution in [0.5, 0.6) is 0 Å². The first-order valence-electron chi connectivity index (χ1n) is 28.3. The number of rotatable bonds is 47. The van der Waals surface area contributed by atoms with Crippen LogP contribution in [0.2, 0.25) is 0 Å². The molecule has 12 nitrogen and oxygen atoms in total. The van der Waals surface area contributed by atoms with Gasteiger partial charge < -0.3 is 39.0 Å². The molecule has 1 aliphatic rings. The van der Waals surface area contributed by atoms with Crippen molar-refractivity contribution in [1.82, 2.24) is 0 Å². The number of hydrogen-bond acceptors (Lipinski definition) is 11. The minimum absolute atomic E-state index is 0.0487. The average molecular weight is 1000 g/mol. The zero-order chi connectivity index (χ0) is 51.8. The molecule has 0 aromatic rings. The smallest absolute Gasteiger partial charge is 0.335 e. The number of ether oxygens (including phenoxy) is 5. The van der Waals surface area contributed by atoms with Crippen LogP contribution < -0.4 is 0 Å². The highest BCUT2D eigenvalue weighted by molar-refractivity contribution is 5.74. The van der Waals surface area contributed by atoms with Gasteiger partial charge in [0.05, 0.1) is 6.61 Å². The molecule has 0 radical (unpaired) electrons. The molecule has 0 aromatic carbocycles. The van der Waals surface area contributed by atoms with Gasteiger partial charge in [0.15, 0.2) is 24.6 Å². The number of esters is 3. The highest BCUT2D eigenvalue weighted by Crippen LogP contribution is 2.26. The van der Waals surface area contributed by atoms with Gasteiger partial charge in [-0.05, 0) is 96.3 Å².